The summed E-state index contributed by atoms with van der Waals surface area (Å²) < 4.78 is 10.9. The number of carbonyl (C=O) groups is 1. The van der Waals surface area contributed by atoms with E-state index in [1.54, 1.807) is 6.07 Å². The Kier molecular flexibility index (Phi) is 6.45. The SMILES string of the molecule is CNCCCCOc1ccc2c(c1)NC(=O)CO2.Cl. The van der Waals surface area contributed by atoms with Gasteiger partial charge in [-0.3, -0.25) is 4.79 Å². The lowest BCUT2D eigenvalue weighted by Gasteiger charge is -2.18. The van der Waals surface area contributed by atoms with E-state index in [4.69, 9.17) is 9.47 Å². The maximum atomic E-state index is 11.2. The van der Waals surface area contributed by atoms with Crippen LogP contribution in [0.1, 0.15) is 12.8 Å². The fourth-order valence-corrected chi connectivity index (χ4v) is 1.75. The highest BCUT2D eigenvalue weighted by atomic mass is 35.5. The Balaban J connectivity index is 0.00000180. The minimum absolute atomic E-state index is 0. The summed E-state index contributed by atoms with van der Waals surface area (Å²) in [6.07, 6.45) is 2.09. The van der Waals surface area contributed by atoms with E-state index in [9.17, 15) is 4.79 Å². The van der Waals surface area contributed by atoms with Crippen molar-refractivity contribution < 1.29 is 14.3 Å². The predicted octanol–water partition coefficient (Wildman–Crippen LogP) is 1.82. The van der Waals surface area contributed by atoms with Gasteiger partial charge in [0.15, 0.2) is 6.61 Å². The summed E-state index contributed by atoms with van der Waals surface area (Å²) in [5.41, 5.74) is 0.680. The number of ether oxygens (including phenoxy) is 2. The van der Waals surface area contributed by atoms with E-state index in [-0.39, 0.29) is 24.9 Å². The van der Waals surface area contributed by atoms with Gasteiger partial charge in [-0.15, -0.1) is 12.4 Å². The number of hydrogen-bond donors (Lipinski definition) is 2. The van der Waals surface area contributed by atoms with Gasteiger partial charge in [0.2, 0.25) is 0 Å². The van der Waals surface area contributed by atoms with Crippen LogP contribution in [0.15, 0.2) is 18.2 Å². The van der Waals surface area contributed by atoms with Crippen molar-refractivity contribution in [1.29, 1.82) is 0 Å². The van der Waals surface area contributed by atoms with Crippen molar-refractivity contribution in [3.63, 3.8) is 0 Å². The number of carbonyl (C=O) groups excluding carboxylic acids is 1. The highest BCUT2D eigenvalue weighted by molar-refractivity contribution is 5.95. The molecule has 0 aromatic heterocycles. The summed E-state index contributed by atoms with van der Waals surface area (Å²) >= 11 is 0. The third kappa shape index (κ3) is 4.61. The first kappa shape index (κ1) is 15.6. The zero-order chi connectivity index (χ0) is 12.8. The number of hydrogen-bond acceptors (Lipinski definition) is 4. The molecule has 0 spiro atoms. The van der Waals surface area contributed by atoms with Crippen LogP contribution in [0.4, 0.5) is 5.69 Å². The normalized spacial score (nSPS) is 12.8. The van der Waals surface area contributed by atoms with Crippen LogP contribution >= 0.6 is 12.4 Å². The lowest BCUT2D eigenvalue weighted by atomic mass is 10.2. The number of benzene rings is 1. The van der Waals surface area contributed by atoms with Crippen molar-refractivity contribution in [3.8, 4) is 11.5 Å². The molecule has 0 aliphatic carbocycles. The van der Waals surface area contributed by atoms with Gasteiger partial charge in [0, 0.05) is 6.07 Å². The van der Waals surface area contributed by atoms with Gasteiger partial charge in [-0.1, -0.05) is 0 Å². The van der Waals surface area contributed by atoms with E-state index in [1.807, 2.05) is 19.2 Å². The second kappa shape index (κ2) is 7.86. The van der Waals surface area contributed by atoms with E-state index < -0.39 is 0 Å². The summed E-state index contributed by atoms with van der Waals surface area (Å²) in [5.74, 6) is 1.31. The average molecular weight is 287 g/mol. The van der Waals surface area contributed by atoms with Crippen molar-refractivity contribution in [1.82, 2.24) is 5.32 Å². The van der Waals surface area contributed by atoms with Gasteiger partial charge in [-0.25, -0.2) is 0 Å². The van der Waals surface area contributed by atoms with Crippen LogP contribution in [0.2, 0.25) is 0 Å². The molecule has 2 N–H and O–H groups in total. The molecule has 2 rings (SSSR count). The third-order valence-corrected chi connectivity index (χ3v) is 2.67. The van der Waals surface area contributed by atoms with Gasteiger partial charge in [0.1, 0.15) is 11.5 Å². The number of rotatable bonds is 6. The maximum absolute atomic E-state index is 11.2. The van der Waals surface area contributed by atoms with Gasteiger partial charge >= 0.3 is 0 Å². The van der Waals surface area contributed by atoms with Crippen molar-refractivity contribution in [2.24, 2.45) is 0 Å². The first-order valence-electron chi connectivity index (χ1n) is 6.13. The Bertz CT molecular complexity index is 426. The van der Waals surface area contributed by atoms with E-state index in [0.717, 1.165) is 25.1 Å². The number of unbranched alkanes of at least 4 members (excludes halogenated alkanes) is 1. The quantitative estimate of drug-likeness (QED) is 0.783. The molecule has 0 saturated carbocycles. The van der Waals surface area contributed by atoms with E-state index in [1.165, 1.54) is 0 Å². The second-order valence-electron chi connectivity index (χ2n) is 4.15. The van der Waals surface area contributed by atoms with Crippen LogP contribution in [0.25, 0.3) is 0 Å². The molecule has 19 heavy (non-hydrogen) atoms. The molecular formula is C13H19ClN2O3. The van der Waals surface area contributed by atoms with Crippen molar-refractivity contribution in [2.45, 2.75) is 12.8 Å². The number of amides is 1. The molecule has 0 fully saturated rings. The standard InChI is InChI=1S/C13H18N2O3.ClH/c1-14-6-2-3-7-17-10-4-5-12-11(8-10)15-13(16)9-18-12;/h4-5,8,14H,2-3,6-7,9H2,1H3,(H,15,16);1H. The van der Waals surface area contributed by atoms with Crippen LogP contribution in [0.5, 0.6) is 11.5 Å². The molecule has 0 radical (unpaired) electrons. The summed E-state index contributed by atoms with van der Waals surface area (Å²) in [6.45, 7) is 1.75. The molecule has 1 aliphatic rings. The van der Waals surface area contributed by atoms with Crippen LogP contribution in [-0.4, -0.2) is 32.7 Å². The number of nitrogens with one attached hydrogen (secondary N) is 2. The maximum Gasteiger partial charge on any atom is 0.262 e. The molecule has 1 aromatic carbocycles. The summed E-state index contributed by atoms with van der Waals surface area (Å²) in [4.78, 5) is 11.2. The Hall–Kier alpha value is -1.46. The number of halogens is 1. The molecule has 1 heterocycles. The summed E-state index contributed by atoms with van der Waals surface area (Å²) in [5, 5.41) is 5.85. The Labute approximate surface area is 119 Å². The van der Waals surface area contributed by atoms with Crippen LogP contribution in [0, 0.1) is 0 Å². The second-order valence-corrected chi connectivity index (χ2v) is 4.15. The molecule has 0 bridgehead atoms. The Morgan fingerprint density at radius 1 is 1.42 bits per heavy atom. The zero-order valence-corrected chi connectivity index (χ0v) is 11.7. The topological polar surface area (TPSA) is 59.6 Å². The monoisotopic (exact) mass is 286 g/mol. The lowest BCUT2D eigenvalue weighted by molar-refractivity contribution is -0.118. The Morgan fingerprint density at radius 2 is 2.26 bits per heavy atom. The first-order chi connectivity index (χ1) is 8.79. The smallest absolute Gasteiger partial charge is 0.262 e. The molecule has 1 aliphatic heterocycles. The third-order valence-electron chi connectivity index (χ3n) is 2.67. The fourth-order valence-electron chi connectivity index (χ4n) is 1.75. The molecule has 5 nitrogen and oxygen atoms in total. The fraction of sp³-hybridized carbons (Fsp3) is 0.462. The molecule has 0 saturated heterocycles. The van der Waals surface area contributed by atoms with E-state index in [0.29, 0.717) is 18.0 Å². The summed E-state index contributed by atoms with van der Waals surface area (Å²) in [7, 11) is 1.94. The molecule has 0 unspecified atom stereocenters. The first-order valence-corrected chi connectivity index (χ1v) is 6.13. The molecule has 1 amide bonds. The number of anilines is 1. The van der Waals surface area contributed by atoms with E-state index in [2.05, 4.69) is 10.6 Å². The van der Waals surface area contributed by atoms with Gasteiger partial charge in [-0.05, 0) is 38.6 Å². The molecule has 106 valence electrons. The van der Waals surface area contributed by atoms with Gasteiger partial charge in [-0.2, -0.15) is 0 Å². The van der Waals surface area contributed by atoms with Crippen molar-refractivity contribution in [2.75, 3.05) is 32.1 Å². The largest absolute Gasteiger partial charge is 0.494 e. The van der Waals surface area contributed by atoms with Crippen LogP contribution < -0.4 is 20.1 Å². The minimum atomic E-state index is -0.131. The molecule has 1 aromatic rings. The average Bonchev–Trinajstić information content (AvgIpc) is 2.38. The predicted molar refractivity (Wildman–Crippen MR) is 76.5 cm³/mol. The van der Waals surface area contributed by atoms with Crippen molar-refractivity contribution >= 4 is 24.0 Å². The zero-order valence-electron chi connectivity index (χ0n) is 10.9. The van der Waals surface area contributed by atoms with Gasteiger partial charge < -0.3 is 20.1 Å². The summed E-state index contributed by atoms with van der Waals surface area (Å²) in [6, 6.07) is 5.47. The minimum Gasteiger partial charge on any atom is -0.494 e. The highest BCUT2D eigenvalue weighted by Crippen LogP contribution is 2.31. The molecule has 0 atom stereocenters. The van der Waals surface area contributed by atoms with Gasteiger partial charge in [0.25, 0.3) is 5.91 Å². The molecular weight excluding hydrogens is 268 g/mol. The highest BCUT2D eigenvalue weighted by Gasteiger charge is 2.16. The lowest BCUT2D eigenvalue weighted by Crippen LogP contribution is -2.25. The van der Waals surface area contributed by atoms with E-state index >= 15 is 0 Å². The van der Waals surface area contributed by atoms with Gasteiger partial charge in [0.05, 0.1) is 12.3 Å². The van der Waals surface area contributed by atoms with Crippen molar-refractivity contribution in [3.05, 3.63) is 18.2 Å². The molecule has 6 heteroatoms. The van der Waals surface area contributed by atoms with Crippen LogP contribution in [0.3, 0.4) is 0 Å². The number of fused-ring (bicyclic) bond motifs is 1. The van der Waals surface area contributed by atoms with Crippen LogP contribution in [-0.2, 0) is 4.79 Å². The Morgan fingerprint density at radius 3 is 3.05 bits per heavy atom.